The van der Waals surface area contributed by atoms with Crippen LogP contribution in [0.1, 0.15) is 12.8 Å². The van der Waals surface area contributed by atoms with Crippen molar-refractivity contribution in [3.05, 3.63) is 0 Å². The van der Waals surface area contributed by atoms with Crippen LogP contribution in [-0.2, 0) is 19.1 Å². The molecule has 16 heavy (non-hydrogen) atoms. The molecular formula is C7H11NO7S. The molecule has 0 aliphatic carbocycles. The van der Waals surface area contributed by atoms with Crippen LogP contribution in [0.2, 0.25) is 0 Å². The lowest BCUT2D eigenvalue weighted by molar-refractivity contribution is -0.166. The fourth-order valence-corrected chi connectivity index (χ4v) is 2.38. The van der Waals surface area contributed by atoms with Crippen molar-refractivity contribution in [3.63, 3.8) is 0 Å². The average molecular weight is 253 g/mol. The quantitative estimate of drug-likeness (QED) is 0.651. The van der Waals surface area contributed by atoms with Gasteiger partial charge < -0.3 is 10.2 Å². The van der Waals surface area contributed by atoms with E-state index in [4.69, 9.17) is 10.2 Å². The lowest BCUT2D eigenvalue weighted by Gasteiger charge is -2.30. The summed E-state index contributed by atoms with van der Waals surface area (Å²) in [5, 5.41) is 17.7. The number of amides is 1. The van der Waals surface area contributed by atoms with E-state index in [1.807, 2.05) is 0 Å². The predicted molar refractivity (Wildman–Crippen MR) is 50.3 cm³/mol. The van der Waals surface area contributed by atoms with Crippen molar-refractivity contribution in [3.8, 4) is 0 Å². The van der Waals surface area contributed by atoms with Gasteiger partial charge in [0.2, 0.25) is 0 Å². The molecule has 1 atom stereocenters. The van der Waals surface area contributed by atoms with Gasteiger partial charge in [-0.1, -0.05) is 0 Å². The van der Waals surface area contributed by atoms with E-state index >= 15 is 0 Å². The summed E-state index contributed by atoms with van der Waals surface area (Å²) >= 11 is 0. The number of hydrogen-bond acceptors (Lipinski definition) is 5. The molecule has 0 bridgehead atoms. The Labute approximate surface area is 91.5 Å². The van der Waals surface area contributed by atoms with Crippen molar-refractivity contribution in [1.82, 2.24) is 4.90 Å². The zero-order valence-electron chi connectivity index (χ0n) is 8.41. The molecule has 0 aromatic rings. The number of nitrogens with zero attached hydrogens (tertiary/aromatic N) is 1. The summed E-state index contributed by atoms with van der Waals surface area (Å²) in [6.45, 7) is -0.0723. The highest BCUT2D eigenvalue weighted by molar-refractivity contribution is 7.86. The summed E-state index contributed by atoms with van der Waals surface area (Å²) in [5.41, 5.74) is -2.32. The Morgan fingerprint density at radius 1 is 1.38 bits per heavy atom. The third kappa shape index (κ3) is 2.25. The molecule has 1 aliphatic rings. The van der Waals surface area contributed by atoms with Crippen LogP contribution >= 0.6 is 0 Å². The minimum Gasteiger partial charge on any atom is -0.478 e. The van der Waals surface area contributed by atoms with Gasteiger partial charge in [0.05, 0.1) is 6.26 Å². The van der Waals surface area contributed by atoms with E-state index in [2.05, 4.69) is 4.18 Å². The molecule has 1 unspecified atom stereocenters. The van der Waals surface area contributed by atoms with E-state index in [1.165, 1.54) is 0 Å². The molecule has 0 saturated carbocycles. The molecule has 2 N–H and O–H groups in total. The second kappa shape index (κ2) is 3.91. The number of aliphatic carboxylic acids is 1. The Morgan fingerprint density at radius 3 is 2.31 bits per heavy atom. The van der Waals surface area contributed by atoms with Crippen molar-refractivity contribution < 1.29 is 32.4 Å². The summed E-state index contributed by atoms with van der Waals surface area (Å²) < 4.78 is 26.4. The van der Waals surface area contributed by atoms with E-state index in [1.54, 1.807) is 0 Å². The predicted octanol–water partition coefficient (Wildman–Crippen LogP) is -0.483. The van der Waals surface area contributed by atoms with E-state index in [-0.39, 0.29) is 19.4 Å². The van der Waals surface area contributed by atoms with Gasteiger partial charge in [0.15, 0.2) is 0 Å². The van der Waals surface area contributed by atoms with E-state index < -0.39 is 27.9 Å². The number of carboxylic acids is 1. The van der Waals surface area contributed by atoms with Crippen molar-refractivity contribution >= 4 is 22.2 Å². The Balaban J connectivity index is 3.15. The minimum atomic E-state index is -4.06. The van der Waals surface area contributed by atoms with Crippen LogP contribution in [0.3, 0.4) is 0 Å². The summed E-state index contributed by atoms with van der Waals surface area (Å²) in [7, 11) is -4.06. The minimum absolute atomic E-state index is 0.0723. The van der Waals surface area contributed by atoms with Gasteiger partial charge in [0.1, 0.15) is 0 Å². The highest BCUT2D eigenvalue weighted by atomic mass is 32.2. The fourth-order valence-electron chi connectivity index (χ4n) is 1.64. The second-order valence-electron chi connectivity index (χ2n) is 3.41. The van der Waals surface area contributed by atoms with Crippen LogP contribution in [0, 0.1) is 0 Å². The van der Waals surface area contributed by atoms with Crippen molar-refractivity contribution in [2.75, 3.05) is 12.8 Å². The van der Waals surface area contributed by atoms with Gasteiger partial charge >= 0.3 is 12.1 Å². The van der Waals surface area contributed by atoms with Crippen LogP contribution in [0.25, 0.3) is 0 Å². The van der Waals surface area contributed by atoms with E-state index in [0.717, 1.165) is 0 Å². The lowest BCUT2D eigenvalue weighted by Crippen LogP contribution is -2.55. The second-order valence-corrected chi connectivity index (χ2v) is 4.99. The van der Waals surface area contributed by atoms with Gasteiger partial charge in [0, 0.05) is 13.0 Å². The van der Waals surface area contributed by atoms with Crippen LogP contribution in [0.15, 0.2) is 0 Å². The average Bonchev–Trinajstić information content (AvgIpc) is 2.45. The zero-order chi connectivity index (χ0) is 12.6. The summed E-state index contributed by atoms with van der Waals surface area (Å²) in [6, 6.07) is 0. The number of likely N-dealkylation sites (tertiary alicyclic amines) is 1. The van der Waals surface area contributed by atoms with E-state index in [0.29, 0.717) is 11.2 Å². The SMILES string of the molecule is CS(=O)(=O)OC1(C(=O)O)CCCN1C(=O)O. The number of rotatable bonds is 3. The third-order valence-electron chi connectivity index (χ3n) is 2.19. The monoisotopic (exact) mass is 253 g/mol. The number of hydrogen-bond donors (Lipinski definition) is 2. The first-order valence-corrected chi connectivity index (χ1v) is 6.15. The van der Waals surface area contributed by atoms with Gasteiger partial charge in [-0.3, -0.25) is 4.90 Å². The lowest BCUT2D eigenvalue weighted by atomic mass is 10.1. The molecule has 0 aromatic heterocycles. The molecule has 92 valence electrons. The first-order valence-electron chi connectivity index (χ1n) is 4.33. The maximum atomic E-state index is 11.0. The highest BCUT2D eigenvalue weighted by Gasteiger charge is 2.54. The molecule has 1 amide bonds. The third-order valence-corrected chi connectivity index (χ3v) is 2.77. The summed E-state index contributed by atoms with van der Waals surface area (Å²) in [5.74, 6) is -1.63. The van der Waals surface area contributed by atoms with E-state index in [9.17, 15) is 18.0 Å². The summed E-state index contributed by atoms with van der Waals surface area (Å²) in [4.78, 5) is 22.3. The Morgan fingerprint density at radius 2 is 1.94 bits per heavy atom. The molecule has 8 nitrogen and oxygen atoms in total. The van der Waals surface area contributed by atoms with Gasteiger partial charge in [0.25, 0.3) is 15.8 Å². The molecule has 1 rings (SSSR count). The normalized spacial score (nSPS) is 25.7. The van der Waals surface area contributed by atoms with Crippen LogP contribution in [-0.4, -0.2) is 54.1 Å². The van der Waals surface area contributed by atoms with Crippen LogP contribution in [0.5, 0.6) is 0 Å². The molecule has 0 radical (unpaired) electrons. The van der Waals surface area contributed by atoms with Gasteiger partial charge in [-0.15, -0.1) is 0 Å². The summed E-state index contributed by atoms with van der Waals surface area (Å²) in [6.07, 6.45) is -0.810. The first kappa shape index (κ1) is 12.7. The number of carbonyl (C=O) groups is 2. The van der Waals surface area contributed by atoms with Gasteiger partial charge in [-0.05, 0) is 6.42 Å². The smallest absolute Gasteiger partial charge is 0.410 e. The fraction of sp³-hybridized carbons (Fsp3) is 0.714. The maximum absolute atomic E-state index is 11.0. The van der Waals surface area contributed by atoms with Gasteiger partial charge in [-0.2, -0.15) is 8.42 Å². The number of carboxylic acid groups (broad SMARTS) is 2. The molecule has 1 aliphatic heterocycles. The van der Waals surface area contributed by atoms with Gasteiger partial charge in [-0.25, -0.2) is 13.8 Å². The molecule has 0 aromatic carbocycles. The maximum Gasteiger partial charge on any atom is 0.410 e. The van der Waals surface area contributed by atoms with Crippen molar-refractivity contribution in [2.24, 2.45) is 0 Å². The Bertz CT molecular complexity index is 416. The highest BCUT2D eigenvalue weighted by Crippen LogP contribution is 2.32. The molecule has 1 saturated heterocycles. The zero-order valence-corrected chi connectivity index (χ0v) is 9.23. The van der Waals surface area contributed by atoms with Crippen molar-refractivity contribution in [1.29, 1.82) is 0 Å². The van der Waals surface area contributed by atoms with Crippen LogP contribution in [0.4, 0.5) is 4.79 Å². The molecule has 1 heterocycles. The first-order chi connectivity index (χ1) is 7.19. The molecular weight excluding hydrogens is 242 g/mol. The largest absolute Gasteiger partial charge is 0.478 e. The molecule has 1 fully saturated rings. The molecule has 9 heteroatoms. The Kier molecular flexibility index (Phi) is 3.10. The van der Waals surface area contributed by atoms with Crippen LogP contribution < -0.4 is 0 Å². The molecule has 0 spiro atoms. The topological polar surface area (TPSA) is 121 Å². The van der Waals surface area contributed by atoms with Crippen molar-refractivity contribution in [2.45, 2.75) is 18.6 Å². The standard InChI is InChI=1S/C7H11NO7S/c1-16(13,14)15-7(5(9)10)3-2-4-8(7)6(11)12/h2-4H2,1H3,(H,9,10)(H,11,12). The Hall–Kier alpha value is -1.35.